The van der Waals surface area contributed by atoms with Crippen LogP contribution in [0, 0.1) is 0 Å². The Morgan fingerprint density at radius 1 is 1.29 bits per heavy atom. The van der Waals surface area contributed by atoms with Gasteiger partial charge in [-0.3, -0.25) is 14.4 Å². The van der Waals surface area contributed by atoms with E-state index >= 15 is 0 Å². The minimum atomic E-state index is -1.09. The fourth-order valence-electron chi connectivity index (χ4n) is 3.73. The number of aliphatic hydroxyl groups excluding tert-OH is 1. The molecular formula is C16H24N4O4. The van der Waals surface area contributed by atoms with Crippen LogP contribution in [-0.2, 0) is 24.3 Å². The molecule has 0 saturated carbocycles. The molecule has 1 aromatic heterocycles. The second-order valence-electron chi connectivity index (χ2n) is 6.53. The van der Waals surface area contributed by atoms with Crippen LogP contribution in [0.3, 0.4) is 0 Å². The molecule has 1 fully saturated rings. The summed E-state index contributed by atoms with van der Waals surface area (Å²) < 4.78 is 1.56. The molecule has 1 saturated heterocycles. The summed E-state index contributed by atoms with van der Waals surface area (Å²) in [5, 5.41) is 22.6. The van der Waals surface area contributed by atoms with Crippen LogP contribution in [0.2, 0.25) is 0 Å². The van der Waals surface area contributed by atoms with Crippen LogP contribution >= 0.6 is 0 Å². The van der Waals surface area contributed by atoms with E-state index in [4.69, 9.17) is 5.11 Å². The molecule has 8 nitrogen and oxygen atoms in total. The average Bonchev–Trinajstić information content (AvgIpc) is 2.93. The van der Waals surface area contributed by atoms with Crippen LogP contribution in [0.1, 0.15) is 41.0 Å². The lowest BCUT2D eigenvalue weighted by Crippen LogP contribution is -2.50. The van der Waals surface area contributed by atoms with Crippen molar-refractivity contribution in [3.8, 4) is 0 Å². The monoisotopic (exact) mass is 336 g/mol. The zero-order valence-corrected chi connectivity index (χ0v) is 13.9. The Labute approximate surface area is 140 Å². The van der Waals surface area contributed by atoms with Gasteiger partial charge in [-0.2, -0.15) is 5.10 Å². The summed E-state index contributed by atoms with van der Waals surface area (Å²) in [7, 11) is 1.97. The van der Waals surface area contributed by atoms with E-state index in [1.807, 2.05) is 7.05 Å². The van der Waals surface area contributed by atoms with Crippen molar-refractivity contribution in [2.24, 2.45) is 0 Å². The third kappa shape index (κ3) is 3.03. The molecule has 0 aromatic carbocycles. The van der Waals surface area contributed by atoms with Crippen molar-refractivity contribution in [1.29, 1.82) is 0 Å². The molecule has 0 unspecified atom stereocenters. The summed E-state index contributed by atoms with van der Waals surface area (Å²) in [5.41, 5.74) is 1.42. The maximum atomic E-state index is 12.9. The Kier molecular flexibility index (Phi) is 4.86. The van der Waals surface area contributed by atoms with E-state index in [0.29, 0.717) is 18.5 Å². The zero-order chi connectivity index (χ0) is 17.3. The fraction of sp³-hybridized carbons (Fsp3) is 0.688. The molecular weight excluding hydrogens is 312 g/mol. The molecule has 2 aliphatic rings. The van der Waals surface area contributed by atoms with Gasteiger partial charge in [0.1, 0.15) is 0 Å². The molecule has 0 radical (unpaired) electrons. The number of carboxylic acids is 1. The first kappa shape index (κ1) is 16.9. The molecule has 24 heavy (non-hydrogen) atoms. The summed E-state index contributed by atoms with van der Waals surface area (Å²) in [6.45, 7) is 1.94. The highest BCUT2D eigenvalue weighted by Gasteiger charge is 2.34. The fourth-order valence-corrected chi connectivity index (χ4v) is 3.73. The van der Waals surface area contributed by atoms with Crippen LogP contribution in [0.15, 0.2) is 0 Å². The number of nitrogens with zero attached hydrogens (tertiary/aromatic N) is 4. The van der Waals surface area contributed by atoms with E-state index in [1.54, 1.807) is 9.58 Å². The number of aromatic carboxylic acids is 1. The third-order valence-corrected chi connectivity index (χ3v) is 5.02. The summed E-state index contributed by atoms with van der Waals surface area (Å²) in [6.07, 6.45) is 3.59. The van der Waals surface area contributed by atoms with E-state index in [9.17, 15) is 14.7 Å². The van der Waals surface area contributed by atoms with Crippen molar-refractivity contribution >= 4 is 11.9 Å². The van der Waals surface area contributed by atoms with E-state index < -0.39 is 5.97 Å². The molecule has 3 heterocycles. The van der Waals surface area contributed by atoms with Crippen LogP contribution in [-0.4, -0.2) is 74.5 Å². The number of carboxylic acid groups (broad SMARTS) is 1. The molecule has 132 valence electrons. The molecule has 1 amide bonds. The molecule has 3 rings (SSSR count). The normalized spacial score (nSPS) is 21.6. The van der Waals surface area contributed by atoms with E-state index in [2.05, 4.69) is 10.00 Å². The Hall–Kier alpha value is -1.93. The van der Waals surface area contributed by atoms with Gasteiger partial charge < -0.3 is 15.1 Å². The van der Waals surface area contributed by atoms with Gasteiger partial charge in [-0.05, 0) is 26.4 Å². The molecule has 2 N–H and O–H groups in total. The van der Waals surface area contributed by atoms with Crippen molar-refractivity contribution in [2.45, 2.75) is 44.8 Å². The van der Waals surface area contributed by atoms with Crippen LogP contribution in [0.25, 0.3) is 0 Å². The molecule has 1 aromatic rings. The topological polar surface area (TPSA) is 98.9 Å². The molecule has 8 heteroatoms. The SMILES string of the molecule is CN1CCCC[C@H]1C(=O)N1CCc2c(c(C(=O)O)nn2CCO)C1. The first-order valence-corrected chi connectivity index (χ1v) is 8.44. The maximum absolute atomic E-state index is 12.9. The Morgan fingerprint density at radius 3 is 2.75 bits per heavy atom. The number of fused-ring (bicyclic) bond motifs is 1. The van der Waals surface area contributed by atoms with Crippen LogP contribution < -0.4 is 0 Å². The molecule has 0 aliphatic carbocycles. The van der Waals surface area contributed by atoms with Crippen LogP contribution in [0.5, 0.6) is 0 Å². The van der Waals surface area contributed by atoms with Crippen molar-refractivity contribution in [3.05, 3.63) is 17.0 Å². The third-order valence-electron chi connectivity index (χ3n) is 5.02. The van der Waals surface area contributed by atoms with Crippen molar-refractivity contribution in [2.75, 3.05) is 26.7 Å². The summed E-state index contributed by atoms with van der Waals surface area (Å²) >= 11 is 0. The highest BCUT2D eigenvalue weighted by atomic mass is 16.4. The van der Waals surface area contributed by atoms with Gasteiger partial charge in [0, 0.05) is 30.8 Å². The lowest BCUT2D eigenvalue weighted by molar-refractivity contribution is -0.138. The van der Waals surface area contributed by atoms with Crippen LogP contribution in [0.4, 0.5) is 0 Å². The lowest BCUT2D eigenvalue weighted by atomic mass is 9.99. The summed E-state index contributed by atoms with van der Waals surface area (Å²) in [5.74, 6) is -1.01. The number of likely N-dealkylation sites (tertiary alicyclic amines) is 1. The molecule has 0 spiro atoms. The smallest absolute Gasteiger partial charge is 0.356 e. The first-order chi connectivity index (χ1) is 11.5. The van der Waals surface area contributed by atoms with Gasteiger partial charge in [-0.15, -0.1) is 0 Å². The molecule has 1 atom stereocenters. The number of aromatic nitrogens is 2. The Balaban J connectivity index is 1.83. The largest absolute Gasteiger partial charge is 0.476 e. The van der Waals surface area contributed by atoms with Gasteiger partial charge in [-0.25, -0.2) is 4.79 Å². The van der Waals surface area contributed by atoms with Gasteiger partial charge in [0.15, 0.2) is 5.69 Å². The highest BCUT2D eigenvalue weighted by molar-refractivity contribution is 5.88. The van der Waals surface area contributed by atoms with Crippen molar-refractivity contribution < 1.29 is 19.8 Å². The molecule has 0 bridgehead atoms. The minimum absolute atomic E-state index is 0.00653. The average molecular weight is 336 g/mol. The summed E-state index contributed by atoms with van der Waals surface area (Å²) in [4.78, 5) is 28.2. The number of likely N-dealkylation sites (N-methyl/N-ethyl adjacent to an activating group) is 1. The van der Waals surface area contributed by atoms with E-state index in [1.165, 1.54) is 0 Å². The number of amides is 1. The second kappa shape index (κ2) is 6.90. The van der Waals surface area contributed by atoms with E-state index in [0.717, 1.165) is 31.5 Å². The molecule has 2 aliphatic heterocycles. The second-order valence-corrected chi connectivity index (χ2v) is 6.53. The van der Waals surface area contributed by atoms with Gasteiger partial charge in [0.25, 0.3) is 0 Å². The number of rotatable bonds is 4. The quantitative estimate of drug-likeness (QED) is 0.799. The first-order valence-electron chi connectivity index (χ1n) is 8.44. The standard InChI is InChI=1S/C16H24N4O4/c1-18-6-3-2-4-13(18)15(22)19-7-5-12-11(10-19)14(16(23)24)17-20(12)8-9-21/h13,21H,2-10H2,1H3,(H,23,24)/t13-/m0/s1. The Morgan fingerprint density at radius 2 is 2.08 bits per heavy atom. The predicted molar refractivity (Wildman–Crippen MR) is 85.7 cm³/mol. The van der Waals surface area contributed by atoms with E-state index in [-0.39, 0.29) is 37.3 Å². The number of carbonyl (C=O) groups excluding carboxylic acids is 1. The predicted octanol–water partition coefficient (Wildman–Crippen LogP) is -0.0574. The highest BCUT2D eigenvalue weighted by Crippen LogP contribution is 2.25. The number of hydrogen-bond acceptors (Lipinski definition) is 5. The number of piperidine rings is 1. The maximum Gasteiger partial charge on any atom is 0.356 e. The zero-order valence-electron chi connectivity index (χ0n) is 13.9. The van der Waals surface area contributed by atoms with Gasteiger partial charge >= 0.3 is 5.97 Å². The van der Waals surface area contributed by atoms with Gasteiger partial charge in [0.05, 0.1) is 19.2 Å². The minimum Gasteiger partial charge on any atom is -0.476 e. The van der Waals surface area contributed by atoms with Crippen molar-refractivity contribution in [1.82, 2.24) is 19.6 Å². The van der Waals surface area contributed by atoms with Gasteiger partial charge in [0.2, 0.25) is 5.91 Å². The summed E-state index contributed by atoms with van der Waals surface area (Å²) in [6, 6.07) is -0.110. The Bertz CT molecular complexity index is 642. The number of hydrogen-bond donors (Lipinski definition) is 2. The van der Waals surface area contributed by atoms with Crippen molar-refractivity contribution in [3.63, 3.8) is 0 Å². The number of aliphatic hydroxyl groups is 1. The lowest BCUT2D eigenvalue weighted by Gasteiger charge is -2.37. The number of carbonyl (C=O) groups is 2. The van der Waals surface area contributed by atoms with Gasteiger partial charge in [-0.1, -0.05) is 6.42 Å².